The molecule has 1 aromatic heterocycles. The van der Waals surface area contributed by atoms with E-state index in [1.54, 1.807) is 17.8 Å². The highest BCUT2D eigenvalue weighted by Crippen LogP contribution is 2.30. The van der Waals surface area contributed by atoms with Crippen LogP contribution in [-0.4, -0.2) is 23.0 Å². The van der Waals surface area contributed by atoms with Crippen LogP contribution in [0.25, 0.3) is 0 Å². The summed E-state index contributed by atoms with van der Waals surface area (Å²) in [5.74, 6) is 1.57. The summed E-state index contributed by atoms with van der Waals surface area (Å²) in [6, 6.07) is 0.924. The molecule has 3 N–H and O–H groups in total. The van der Waals surface area contributed by atoms with Crippen molar-refractivity contribution >= 4 is 23.1 Å². The second kappa shape index (κ2) is 6.53. The Bertz CT molecular complexity index is 407. The Morgan fingerprint density at radius 1 is 1.50 bits per heavy atom. The van der Waals surface area contributed by atoms with Crippen molar-refractivity contribution in [1.82, 2.24) is 4.98 Å². The number of anilines is 2. The first-order chi connectivity index (χ1) is 8.45. The van der Waals surface area contributed by atoms with Gasteiger partial charge in [-0.25, -0.2) is 4.98 Å². The van der Waals surface area contributed by atoms with Crippen LogP contribution in [0.3, 0.4) is 0 Å². The van der Waals surface area contributed by atoms with E-state index in [4.69, 9.17) is 5.73 Å². The molecule has 1 aromatic rings. The summed E-state index contributed by atoms with van der Waals surface area (Å²) >= 11 is 1.63. The Balaban J connectivity index is 2.61. The Morgan fingerprint density at radius 3 is 2.83 bits per heavy atom. The van der Waals surface area contributed by atoms with Gasteiger partial charge in [-0.3, -0.25) is 0 Å². The van der Waals surface area contributed by atoms with Gasteiger partial charge in [0, 0.05) is 18.1 Å². The number of thioether (sulfide) groups is 1. The number of nitrogen functional groups attached to an aromatic ring is 1. The van der Waals surface area contributed by atoms with Crippen LogP contribution in [-0.2, 0) is 6.18 Å². The summed E-state index contributed by atoms with van der Waals surface area (Å²) in [4.78, 5) is 3.26. The molecule has 7 heteroatoms. The van der Waals surface area contributed by atoms with Crippen LogP contribution in [0, 0.1) is 0 Å². The predicted molar refractivity (Wildman–Crippen MR) is 69.7 cm³/mol. The second-order valence-corrected chi connectivity index (χ2v) is 4.59. The zero-order chi connectivity index (χ0) is 13.6. The monoisotopic (exact) mass is 277 g/mol. The fraction of sp³-hybridized carbons (Fsp3) is 0.364. The Labute approximate surface area is 108 Å². The Morgan fingerprint density at radius 2 is 2.22 bits per heavy atom. The van der Waals surface area contributed by atoms with E-state index in [1.807, 2.05) is 0 Å². The number of hydrogen-bond donors (Lipinski definition) is 2. The van der Waals surface area contributed by atoms with E-state index >= 15 is 0 Å². The van der Waals surface area contributed by atoms with Crippen LogP contribution in [0.2, 0.25) is 0 Å². The molecular formula is C11H14F3N3S. The minimum absolute atomic E-state index is 0.205. The third kappa shape index (κ3) is 4.48. The average Bonchev–Trinajstić information content (AvgIpc) is 2.29. The lowest BCUT2D eigenvalue weighted by atomic mass is 10.2. The minimum atomic E-state index is -4.46. The smallest absolute Gasteiger partial charge is 0.396 e. The third-order valence-electron chi connectivity index (χ3n) is 2.02. The summed E-state index contributed by atoms with van der Waals surface area (Å²) < 4.78 is 37.3. The van der Waals surface area contributed by atoms with Crippen molar-refractivity contribution in [2.45, 2.75) is 6.18 Å². The average molecular weight is 277 g/mol. The third-order valence-corrected chi connectivity index (χ3v) is 2.99. The van der Waals surface area contributed by atoms with Crippen LogP contribution in [0.15, 0.2) is 24.9 Å². The summed E-state index contributed by atoms with van der Waals surface area (Å²) in [7, 11) is 0. The van der Waals surface area contributed by atoms with Gasteiger partial charge in [0.1, 0.15) is 5.69 Å². The molecule has 0 amide bonds. The number of halogens is 3. The van der Waals surface area contributed by atoms with Crippen LogP contribution < -0.4 is 11.1 Å². The predicted octanol–water partition coefficient (Wildman–Crippen LogP) is 3.01. The molecule has 0 saturated heterocycles. The van der Waals surface area contributed by atoms with Crippen molar-refractivity contribution in [1.29, 1.82) is 0 Å². The van der Waals surface area contributed by atoms with Crippen LogP contribution in [0.4, 0.5) is 24.5 Å². The normalized spacial score (nSPS) is 11.3. The molecule has 1 heterocycles. The highest BCUT2D eigenvalue weighted by atomic mass is 32.2. The molecule has 0 aliphatic carbocycles. The number of rotatable bonds is 6. The standard InChI is InChI=1S/C11H14F3N3S/c1-2-4-18-5-3-16-9-6-10(11(12,13)14)17-7-8(9)15/h2,6-7H,1,3-5,15H2,(H,16,17). The first-order valence-corrected chi connectivity index (χ1v) is 6.36. The molecule has 0 fully saturated rings. The number of nitrogens with zero attached hydrogens (tertiary/aromatic N) is 1. The number of pyridine rings is 1. The SMILES string of the molecule is C=CCSCCNc1cc(C(F)(F)F)ncc1N. The molecule has 0 aliphatic rings. The lowest BCUT2D eigenvalue weighted by Crippen LogP contribution is -2.12. The first kappa shape index (κ1) is 14.7. The molecule has 3 nitrogen and oxygen atoms in total. The number of nitrogens with one attached hydrogen (secondary N) is 1. The number of hydrogen-bond acceptors (Lipinski definition) is 4. The fourth-order valence-electron chi connectivity index (χ4n) is 1.20. The summed E-state index contributed by atoms with van der Waals surface area (Å²) in [5, 5.41) is 2.86. The van der Waals surface area contributed by atoms with E-state index in [9.17, 15) is 13.2 Å². The molecule has 0 spiro atoms. The molecule has 0 radical (unpaired) electrons. The maximum Gasteiger partial charge on any atom is 0.433 e. The van der Waals surface area contributed by atoms with E-state index in [0.717, 1.165) is 23.8 Å². The van der Waals surface area contributed by atoms with Gasteiger partial charge in [0.05, 0.1) is 17.6 Å². The van der Waals surface area contributed by atoms with Gasteiger partial charge in [-0.1, -0.05) is 6.08 Å². The van der Waals surface area contributed by atoms with Crippen molar-refractivity contribution in [3.05, 3.63) is 30.6 Å². The summed E-state index contributed by atoms with van der Waals surface area (Å²) in [6.45, 7) is 4.11. The van der Waals surface area contributed by atoms with Gasteiger partial charge in [0.25, 0.3) is 0 Å². The van der Waals surface area contributed by atoms with Gasteiger partial charge < -0.3 is 11.1 Å². The molecule has 0 aliphatic heterocycles. The van der Waals surface area contributed by atoms with E-state index < -0.39 is 11.9 Å². The van der Waals surface area contributed by atoms with E-state index in [2.05, 4.69) is 16.9 Å². The van der Waals surface area contributed by atoms with Crippen molar-refractivity contribution in [2.24, 2.45) is 0 Å². The molecule has 1 rings (SSSR count). The highest BCUT2D eigenvalue weighted by molar-refractivity contribution is 7.99. The van der Waals surface area contributed by atoms with Gasteiger partial charge in [-0.2, -0.15) is 24.9 Å². The van der Waals surface area contributed by atoms with Crippen LogP contribution >= 0.6 is 11.8 Å². The minimum Gasteiger partial charge on any atom is -0.396 e. The molecule has 0 saturated carbocycles. The first-order valence-electron chi connectivity index (χ1n) is 5.20. The molecule has 0 unspecified atom stereocenters. The van der Waals surface area contributed by atoms with E-state index in [0.29, 0.717) is 6.54 Å². The van der Waals surface area contributed by atoms with E-state index in [1.165, 1.54) is 0 Å². The van der Waals surface area contributed by atoms with Crippen LogP contribution in [0.1, 0.15) is 5.69 Å². The van der Waals surface area contributed by atoms with Gasteiger partial charge in [-0.05, 0) is 6.07 Å². The van der Waals surface area contributed by atoms with Crippen LogP contribution in [0.5, 0.6) is 0 Å². The van der Waals surface area contributed by atoms with Gasteiger partial charge >= 0.3 is 6.18 Å². The molecular weight excluding hydrogens is 263 g/mol. The molecule has 0 aromatic carbocycles. The van der Waals surface area contributed by atoms with E-state index in [-0.39, 0.29) is 11.4 Å². The fourth-order valence-corrected chi connectivity index (χ4v) is 1.78. The van der Waals surface area contributed by atoms with Crippen molar-refractivity contribution in [3.8, 4) is 0 Å². The Hall–Kier alpha value is -1.37. The molecule has 0 bridgehead atoms. The van der Waals surface area contributed by atoms with Gasteiger partial charge in [-0.15, -0.1) is 6.58 Å². The summed E-state index contributed by atoms with van der Waals surface area (Å²) in [6.07, 6.45) is -1.67. The largest absolute Gasteiger partial charge is 0.433 e. The molecule has 18 heavy (non-hydrogen) atoms. The number of aromatic nitrogens is 1. The van der Waals surface area contributed by atoms with Crippen molar-refractivity contribution in [3.63, 3.8) is 0 Å². The second-order valence-electron chi connectivity index (χ2n) is 3.44. The zero-order valence-electron chi connectivity index (χ0n) is 9.63. The van der Waals surface area contributed by atoms with Gasteiger partial charge in [0.15, 0.2) is 0 Å². The zero-order valence-corrected chi connectivity index (χ0v) is 10.4. The lowest BCUT2D eigenvalue weighted by molar-refractivity contribution is -0.141. The molecule has 100 valence electrons. The lowest BCUT2D eigenvalue weighted by Gasteiger charge is -2.11. The Kier molecular flexibility index (Phi) is 5.33. The van der Waals surface area contributed by atoms with Crippen molar-refractivity contribution in [2.75, 3.05) is 29.1 Å². The quantitative estimate of drug-likeness (QED) is 0.620. The summed E-state index contributed by atoms with van der Waals surface area (Å²) in [5.41, 5.74) is 5.08. The molecule has 0 atom stereocenters. The highest BCUT2D eigenvalue weighted by Gasteiger charge is 2.32. The van der Waals surface area contributed by atoms with Gasteiger partial charge in [0.2, 0.25) is 0 Å². The maximum atomic E-state index is 12.4. The van der Waals surface area contributed by atoms with Crippen molar-refractivity contribution < 1.29 is 13.2 Å². The maximum absolute atomic E-state index is 12.4. The topological polar surface area (TPSA) is 50.9 Å². The number of nitrogens with two attached hydrogens (primary N) is 1. The number of alkyl halides is 3.